The van der Waals surface area contributed by atoms with E-state index >= 15 is 0 Å². The summed E-state index contributed by atoms with van der Waals surface area (Å²) in [5.74, 6) is 0.652. The molecule has 2 rings (SSSR count). The molecule has 0 spiro atoms. The van der Waals surface area contributed by atoms with Crippen molar-refractivity contribution < 1.29 is 14.6 Å². The lowest BCUT2D eigenvalue weighted by Gasteiger charge is -2.31. The van der Waals surface area contributed by atoms with Crippen molar-refractivity contribution in [3.8, 4) is 5.75 Å². The Labute approximate surface area is 121 Å². The lowest BCUT2D eigenvalue weighted by molar-refractivity contribution is -0.139. The molecule has 0 saturated carbocycles. The average Bonchev–Trinajstić information content (AvgIpc) is 2.39. The van der Waals surface area contributed by atoms with Crippen LogP contribution in [0.1, 0.15) is 19.8 Å². The Kier molecular flexibility index (Phi) is 4.82. The summed E-state index contributed by atoms with van der Waals surface area (Å²) < 4.78 is 6.58. The molecule has 1 atom stereocenters. The Bertz CT molecular complexity index is 444. The molecule has 1 heterocycles. The predicted molar refractivity (Wildman–Crippen MR) is 76.1 cm³/mol. The molecule has 19 heavy (non-hydrogen) atoms. The van der Waals surface area contributed by atoms with E-state index in [1.54, 1.807) is 11.8 Å². The van der Waals surface area contributed by atoms with Crippen LogP contribution in [0, 0.1) is 0 Å². The van der Waals surface area contributed by atoms with Gasteiger partial charge in [-0.2, -0.15) is 0 Å². The number of piperidine rings is 1. The Morgan fingerprint density at radius 1 is 1.47 bits per heavy atom. The summed E-state index contributed by atoms with van der Waals surface area (Å²) in [6.45, 7) is 2.96. The van der Waals surface area contributed by atoms with Gasteiger partial charge in [0.2, 0.25) is 0 Å². The number of aliphatic hydroxyl groups excluding tert-OH is 1. The third-order valence-corrected chi connectivity index (χ3v) is 3.73. The highest BCUT2D eigenvalue weighted by atomic mass is 79.9. The van der Waals surface area contributed by atoms with Gasteiger partial charge in [-0.1, -0.05) is 22.0 Å². The quantitative estimate of drug-likeness (QED) is 0.925. The lowest BCUT2D eigenvalue weighted by Crippen LogP contribution is -2.45. The zero-order chi connectivity index (χ0) is 13.8. The highest BCUT2D eigenvalue weighted by Crippen LogP contribution is 2.20. The third kappa shape index (κ3) is 3.94. The molecule has 1 aromatic rings. The third-order valence-electron chi connectivity index (χ3n) is 3.23. The molecule has 1 saturated heterocycles. The minimum atomic E-state index is -0.510. The normalized spacial score (nSPS) is 18.2. The van der Waals surface area contributed by atoms with Gasteiger partial charge in [0, 0.05) is 17.6 Å². The fourth-order valence-electron chi connectivity index (χ4n) is 2.14. The molecule has 0 aromatic heterocycles. The number of nitrogens with zero attached hydrogens (tertiary/aromatic N) is 1. The molecule has 0 bridgehead atoms. The van der Waals surface area contributed by atoms with Gasteiger partial charge in [0.1, 0.15) is 5.75 Å². The second-order valence-electron chi connectivity index (χ2n) is 4.77. The summed E-state index contributed by atoms with van der Waals surface area (Å²) in [5.41, 5.74) is 0. The SMILES string of the molecule is C[C@H](Oc1cccc(Br)c1)C(=O)N1CCC(O)CC1. The van der Waals surface area contributed by atoms with Gasteiger partial charge in [-0.05, 0) is 38.0 Å². The first-order valence-electron chi connectivity index (χ1n) is 6.45. The molecule has 0 aliphatic carbocycles. The predicted octanol–water partition coefficient (Wildman–Crippen LogP) is 2.20. The van der Waals surface area contributed by atoms with Crippen LogP contribution in [-0.2, 0) is 4.79 Å². The van der Waals surface area contributed by atoms with E-state index in [1.165, 1.54) is 0 Å². The van der Waals surface area contributed by atoms with Crippen LogP contribution in [0.3, 0.4) is 0 Å². The van der Waals surface area contributed by atoms with E-state index in [9.17, 15) is 9.90 Å². The van der Waals surface area contributed by atoms with Gasteiger partial charge in [-0.3, -0.25) is 4.79 Å². The van der Waals surface area contributed by atoms with Crippen molar-refractivity contribution in [3.05, 3.63) is 28.7 Å². The van der Waals surface area contributed by atoms with E-state index in [1.807, 2.05) is 24.3 Å². The number of aliphatic hydroxyl groups is 1. The molecule has 104 valence electrons. The van der Waals surface area contributed by atoms with Crippen LogP contribution >= 0.6 is 15.9 Å². The van der Waals surface area contributed by atoms with Crippen LogP contribution in [-0.4, -0.2) is 41.2 Å². The fourth-order valence-corrected chi connectivity index (χ4v) is 2.52. The highest BCUT2D eigenvalue weighted by molar-refractivity contribution is 9.10. The zero-order valence-electron chi connectivity index (χ0n) is 10.9. The Morgan fingerprint density at radius 2 is 2.16 bits per heavy atom. The maximum absolute atomic E-state index is 12.2. The van der Waals surface area contributed by atoms with Gasteiger partial charge in [0.15, 0.2) is 6.10 Å². The van der Waals surface area contributed by atoms with Crippen LogP contribution in [0.15, 0.2) is 28.7 Å². The Morgan fingerprint density at radius 3 is 2.79 bits per heavy atom. The number of ether oxygens (including phenoxy) is 1. The van der Waals surface area contributed by atoms with Crippen LogP contribution in [0.2, 0.25) is 0 Å². The Hall–Kier alpha value is -1.07. The van der Waals surface area contributed by atoms with Crippen molar-refractivity contribution in [3.63, 3.8) is 0 Å². The summed E-state index contributed by atoms with van der Waals surface area (Å²) in [6.07, 6.45) is 0.514. The molecule has 1 aliphatic rings. The van der Waals surface area contributed by atoms with Gasteiger partial charge in [-0.15, -0.1) is 0 Å². The van der Waals surface area contributed by atoms with E-state index in [0.29, 0.717) is 31.7 Å². The highest BCUT2D eigenvalue weighted by Gasteiger charge is 2.26. The molecular weight excluding hydrogens is 310 g/mol. The number of hydrogen-bond donors (Lipinski definition) is 1. The number of carbonyl (C=O) groups excluding carboxylic acids is 1. The fraction of sp³-hybridized carbons (Fsp3) is 0.500. The van der Waals surface area contributed by atoms with E-state index < -0.39 is 6.10 Å². The molecule has 5 heteroatoms. The topological polar surface area (TPSA) is 49.8 Å². The van der Waals surface area contributed by atoms with E-state index in [0.717, 1.165) is 4.47 Å². The number of rotatable bonds is 3. The van der Waals surface area contributed by atoms with Crippen LogP contribution in [0.25, 0.3) is 0 Å². The molecule has 1 aliphatic heterocycles. The van der Waals surface area contributed by atoms with E-state index in [-0.39, 0.29) is 12.0 Å². The van der Waals surface area contributed by atoms with Crippen LogP contribution in [0.4, 0.5) is 0 Å². The van der Waals surface area contributed by atoms with Gasteiger partial charge < -0.3 is 14.7 Å². The van der Waals surface area contributed by atoms with Gasteiger partial charge >= 0.3 is 0 Å². The van der Waals surface area contributed by atoms with Crippen molar-refractivity contribution in [2.45, 2.75) is 32.0 Å². The average molecular weight is 328 g/mol. The summed E-state index contributed by atoms with van der Waals surface area (Å²) in [5, 5.41) is 9.44. The van der Waals surface area contributed by atoms with Gasteiger partial charge in [0.25, 0.3) is 5.91 Å². The number of carbonyl (C=O) groups is 1. The molecule has 4 nitrogen and oxygen atoms in total. The molecule has 1 aromatic carbocycles. The maximum Gasteiger partial charge on any atom is 0.263 e. The van der Waals surface area contributed by atoms with E-state index in [4.69, 9.17) is 4.74 Å². The van der Waals surface area contributed by atoms with Crippen molar-refractivity contribution in [2.75, 3.05) is 13.1 Å². The minimum Gasteiger partial charge on any atom is -0.481 e. The van der Waals surface area contributed by atoms with Crippen molar-refractivity contribution in [2.24, 2.45) is 0 Å². The van der Waals surface area contributed by atoms with Crippen LogP contribution < -0.4 is 4.74 Å². The van der Waals surface area contributed by atoms with Crippen molar-refractivity contribution in [1.29, 1.82) is 0 Å². The smallest absolute Gasteiger partial charge is 0.263 e. The summed E-state index contributed by atoms with van der Waals surface area (Å²) >= 11 is 3.37. The molecule has 0 radical (unpaired) electrons. The first-order valence-corrected chi connectivity index (χ1v) is 7.24. The van der Waals surface area contributed by atoms with Crippen molar-refractivity contribution in [1.82, 2.24) is 4.90 Å². The second kappa shape index (κ2) is 6.39. The molecule has 1 N–H and O–H groups in total. The number of halogens is 1. The van der Waals surface area contributed by atoms with Gasteiger partial charge in [-0.25, -0.2) is 0 Å². The number of likely N-dealkylation sites (tertiary alicyclic amines) is 1. The van der Waals surface area contributed by atoms with Crippen LogP contribution in [0.5, 0.6) is 5.75 Å². The molecule has 0 unspecified atom stereocenters. The summed E-state index contributed by atoms with van der Waals surface area (Å²) in [7, 11) is 0. The number of amides is 1. The summed E-state index contributed by atoms with van der Waals surface area (Å²) in [4.78, 5) is 14.0. The van der Waals surface area contributed by atoms with E-state index in [2.05, 4.69) is 15.9 Å². The maximum atomic E-state index is 12.2. The molecule has 1 amide bonds. The largest absolute Gasteiger partial charge is 0.481 e. The summed E-state index contributed by atoms with van der Waals surface area (Å²) in [6, 6.07) is 7.44. The molecular formula is C14H18BrNO3. The molecule has 1 fully saturated rings. The minimum absolute atomic E-state index is 0.0214. The second-order valence-corrected chi connectivity index (χ2v) is 5.69. The van der Waals surface area contributed by atoms with Gasteiger partial charge in [0.05, 0.1) is 6.10 Å². The Balaban J connectivity index is 1.92. The first-order chi connectivity index (χ1) is 9.06. The number of benzene rings is 1. The lowest BCUT2D eigenvalue weighted by atomic mass is 10.1. The van der Waals surface area contributed by atoms with Crippen molar-refractivity contribution >= 4 is 21.8 Å². The first kappa shape index (κ1) is 14.3. The number of hydrogen-bond acceptors (Lipinski definition) is 3. The zero-order valence-corrected chi connectivity index (χ0v) is 12.5. The standard InChI is InChI=1S/C14H18BrNO3/c1-10(19-13-4-2-3-11(15)9-13)14(18)16-7-5-12(17)6-8-16/h2-4,9-10,12,17H,5-8H2,1H3/t10-/m0/s1. The monoisotopic (exact) mass is 327 g/mol.